The maximum atomic E-state index is 5.51. The second-order valence-corrected chi connectivity index (χ2v) is 5.12. The average Bonchev–Trinajstić information content (AvgIpc) is 2.37. The van der Waals surface area contributed by atoms with Crippen LogP contribution in [0.3, 0.4) is 0 Å². The van der Waals surface area contributed by atoms with Crippen molar-refractivity contribution >= 4 is 0 Å². The normalized spacial score (nSPS) is 11.0. The van der Waals surface area contributed by atoms with Gasteiger partial charge in [0, 0.05) is 18.7 Å². The fourth-order valence-corrected chi connectivity index (χ4v) is 1.94. The molecule has 0 saturated carbocycles. The summed E-state index contributed by atoms with van der Waals surface area (Å²) >= 11 is 0. The number of aryl methyl sites for hydroxylation is 1. The summed E-state index contributed by atoms with van der Waals surface area (Å²) < 4.78 is 10.9. The third-order valence-corrected chi connectivity index (χ3v) is 2.95. The van der Waals surface area contributed by atoms with Gasteiger partial charge in [-0.2, -0.15) is 0 Å². The van der Waals surface area contributed by atoms with Gasteiger partial charge in [0.15, 0.2) is 0 Å². The largest absolute Gasteiger partial charge is 0.496 e. The van der Waals surface area contributed by atoms with Crippen LogP contribution < -0.4 is 10.1 Å². The molecule has 1 rings (SSSR count). The van der Waals surface area contributed by atoms with Crippen molar-refractivity contribution in [3.05, 3.63) is 29.3 Å². The summed E-state index contributed by atoms with van der Waals surface area (Å²) in [4.78, 5) is 0. The molecular weight excluding hydrogens is 238 g/mol. The van der Waals surface area contributed by atoms with Gasteiger partial charge in [-0.1, -0.05) is 17.7 Å². The van der Waals surface area contributed by atoms with E-state index in [2.05, 4.69) is 38.2 Å². The zero-order chi connectivity index (χ0) is 14.1. The van der Waals surface area contributed by atoms with Crippen molar-refractivity contribution in [1.82, 2.24) is 5.32 Å². The van der Waals surface area contributed by atoms with Crippen LogP contribution in [0.4, 0.5) is 0 Å². The molecule has 0 aliphatic heterocycles. The van der Waals surface area contributed by atoms with E-state index in [9.17, 15) is 0 Å². The average molecular weight is 265 g/mol. The van der Waals surface area contributed by atoms with Gasteiger partial charge in [0.05, 0.1) is 13.2 Å². The smallest absolute Gasteiger partial charge is 0.123 e. The second-order valence-electron chi connectivity index (χ2n) is 5.12. The van der Waals surface area contributed by atoms with E-state index < -0.39 is 0 Å². The van der Waals surface area contributed by atoms with E-state index in [4.69, 9.17) is 9.47 Å². The predicted octanol–water partition coefficient (Wildman–Crippen LogP) is 3.30. The van der Waals surface area contributed by atoms with E-state index in [1.54, 1.807) is 7.11 Å². The van der Waals surface area contributed by atoms with E-state index >= 15 is 0 Å². The lowest BCUT2D eigenvalue weighted by molar-refractivity contribution is 0.0760. The standard InChI is InChI=1S/C16H27NO2/c1-13(2)19-10-6-5-9-17-12-15-11-14(3)7-8-16(15)18-4/h7-8,11,13,17H,5-6,9-10,12H2,1-4H3. The summed E-state index contributed by atoms with van der Waals surface area (Å²) in [7, 11) is 1.72. The van der Waals surface area contributed by atoms with Gasteiger partial charge in [0.1, 0.15) is 5.75 Å². The molecule has 1 N–H and O–H groups in total. The molecule has 108 valence electrons. The summed E-state index contributed by atoms with van der Waals surface area (Å²) in [5, 5.41) is 3.46. The Kier molecular flexibility index (Phi) is 7.53. The molecule has 3 heteroatoms. The first-order valence-electron chi connectivity index (χ1n) is 7.09. The zero-order valence-electron chi connectivity index (χ0n) is 12.7. The maximum Gasteiger partial charge on any atom is 0.123 e. The second kappa shape index (κ2) is 8.94. The number of unbranched alkanes of at least 4 members (excludes halogenated alkanes) is 1. The van der Waals surface area contributed by atoms with Gasteiger partial charge >= 0.3 is 0 Å². The fourth-order valence-electron chi connectivity index (χ4n) is 1.94. The van der Waals surface area contributed by atoms with Gasteiger partial charge in [-0.15, -0.1) is 0 Å². The molecule has 0 radical (unpaired) electrons. The molecule has 0 fully saturated rings. The van der Waals surface area contributed by atoms with Crippen LogP contribution in [-0.4, -0.2) is 26.4 Å². The molecule has 0 saturated heterocycles. The Balaban J connectivity index is 2.20. The summed E-state index contributed by atoms with van der Waals surface area (Å²) in [6, 6.07) is 6.28. The minimum absolute atomic E-state index is 0.338. The number of hydrogen-bond acceptors (Lipinski definition) is 3. The summed E-state index contributed by atoms with van der Waals surface area (Å²) in [5.41, 5.74) is 2.49. The predicted molar refractivity (Wildman–Crippen MR) is 79.8 cm³/mol. The molecule has 0 aliphatic carbocycles. The first kappa shape index (κ1) is 16.0. The van der Waals surface area contributed by atoms with Crippen molar-refractivity contribution in [2.24, 2.45) is 0 Å². The van der Waals surface area contributed by atoms with E-state index in [0.29, 0.717) is 6.10 Å². The van der Waals surface area contributed by atoms with Gasteiger partial charge < -0.3 is 14.8 Å². The third-order valence-electron chi connectivity index (χ3n) is 2.95. The summed E-state index contributed by atoms with van der Waals surface area (Å²) in [6.07, 6.45) is 2.58. The summed E-state index contributed by atoms with van der Waals surface area (Å²) in [6.45, 7) is 8.97. The Bertz CT molecular complexity index is 364. The quantitative estimate of drug-likeness (QED) is 0.695. The Hall–Kier alpha value is -1.06. The molecule has 0 amide bonds. The lowest BCUT2D eigenvalue weighted by Gasteiger charge is -2.11. The topological polar surface area (TPSA) is 30.5 Å². The number of benzene rings is 1. The van der Waals surface area contributed by atoms with Gasteiger partial charge in [0.2, 0.25) is 0 Å². The molecule has 0 unspecified atom stereocenters. The molecule has 0 bridgehead atoms. The van der Waals surface area contributed by atoms with Crippen molar-refractivity contribution in [1.29, 1.82) is 0 Å². The minimum Gasteiger partial charge on any atom is -0.496 e. The lowest BCUT2D eigenvalue weighted by Crippen LogP contribution is -2.16. The van der Waals surface area contributed by atoms with Crippen LogP contribution in [0.5, 0.6) is 5.75 Å². The molecular formula is C16H27NO2. The monoisotopic (exact) mass is 265 g/mol. The molecule has 0 aliphatic rings. The van der Waals surface area contributed by atoms with E-state index in [1.807, 2.05) is 6.07 Å². The van der Waals surface area contributed by atoms with Crippen LogP contribution in [0.15, 0.2) is 18.2 Å². The van der Waals surface area contributed by atoms with E-state index in [-0.39, 0.29) is 0 Å². The number of ether oxygens (including phenoxy) is 2. The van der Waals surface area contributed by atoms with E-state index in [1.165, 1.54) is 11.1 Å². The molecule has 1 aromatic rings. The SMILES string of the molecule is COc1ccc(C)cc1CNCCCCOC(C)C. The first-order valence-corrected chi connectivity index (χ1v) is 7.09. The summed E-state index contributed by atoms with van der Waals surface area (Å²) in [5.74, 6) is 0.959. The Morgan fingerprint density at radius 2 is 2.00 bits per heavy atom. The lowest BCUT2D eigenvalue weighted by atomic mass is 10.1. The van der Waals surface area contributed by atoms with Crippen LogP contribution in [0.2, 0.25) is 0 Å². The Morgan fingerprint density at radius 1 is 1.21 bits per heavy atom. The number of methoxy groups -OCH3 is 1. The number of nitrogens with one attached hydrogen (secondary N) is 1. The van der Waals surface area contributed by atoms with Crippen molar-refractivity contribution in [2.45, 2.75) is 46.3 Å². The highest BCUT2D eigenvalue weighted by Crippen LogP contribution is 2.19. The van der Waals surface area contributed by atoms with E-state index in [0.717, 1.165) is 38.3 Å². The van der Waals surface area contributed by atoms with Crippen molar-refractivity contribution in [3.63, 3.8) is 0 Å². The highest BCUT2D eigenvalue weighted by atomic mass is 16.5. The molecule has 0 aromatic heterocycles. The van der Waals surface area contributed by atoms with Crippen LogP contribution in [-0.2, 0) is 11.3 Å². The van der Waals surface area contributed by atoms with Crippen LogP contribution >= 0.6 is 0 Å². The van der Waals surface area contributed by atoms with Gasteiger partial charge in [0.25, 0.3) is 0 Å². The minimum atomic E-state index is 0.338. The highest BCUT2D eigenvalue weighted by Gasteiger charge is 2.02. The third kappa shape index (κ3) is 6.60. The van der Waals surface area contributed by atoms with Crippen LogP contribution in [0.1, 0.15) is 37.8 Å². The van der Waals surface area contributed by atoms with Gasteiger partial charge in [-0.3, -0.25) is 0 Å². The zero-order valence-corrected chi connectivity index (χ0v) is 12.7. The maximum absolute atomic E-state index is 5.51. The highest BCUT2D eigenvalue weighted by molar-refractivity contribution is 5.36. The van der Waals surface area contributed by atoms with Crippen LogP contribution in [0.25, 0.3) is 0 Å². The van der Waals surface area contributed by atoms with Gasteiger partial charge in [-0.05, 0) is 46.2 Å². The Labute approximate surface area is 117 Å². The first-order chi connectivity index (χ1) is 9.13. The molecule has 0 atom stereocenters. The molecule has 19 heavy (non-hydrogen) atoms. The van der Waals surface area contributed by atoms with Crippen molar-refractivity contribution in [2.75, 3.05) is 20.3 Å². The molecule has 1 aromatic carbocycles. The van der Waals surface area contributed by atoms with Gasteiger partial charge in [-0.25, -0.2) is 0 Å². The molecule has 3 nitrogen and oxygen atoms in total. The fraction of sp³-hybridized carbons (Fsp3) is 0.625. The van der Waals surface area contributed by atoms with Crippen LogP contribution in [0, 0.1) is 6.92 Å². The molecule has 0 spiro atoms. The molecule has 0 heterocycles. The number of hydrogen-bond donors (Lipinski definition) is 1. The number of rotatable bonds is 9. The Morgan fingerprint density at radius 3 is 2.68 bits per heavy atom. The van der Waals surface area contributed by atoms with Crippen molar-refractivity contribution in [3.8, 4) is 5.75 Å². The van der Waals surface area contributed by atoms with Crippen molar-refractivity contribution < 1.29 is 9.47 Å².